The van der Waals surface area contributed by atoms with Gasteiger partial charge in [0.15, 0.2) is 0 Å². The molecule has 0 aliphatic carbocycles. The molecule has 1 aliphatic rings. The molecule has 7 nitrogen and oxygen atoms in total. The van der Waals surface area contributed by atoms with Crippen LogP contribution >= 0.6 is 0 Å². The predicted molar refractivity (Wildman–Crippen MR) is 134 cm³/mol. The van der Waals surface area contributed by atoms with Gasteiger partial charge in [-0.05, 0) is 42.0 Å². The first-order chi connectivity index (χ1) is 18.2. The van der Waals surface area contributed by atoms with Crippen LogP contribution in [-0.4, -0.2) is 59.7 Å². The van der Waals surface area contributed by atoms with Gasteiger partial charge in [-0.1, -0.05) is 36.1 Å². The summed E-state index contributed by atoms with van der Waals surface area (Å²) in [5.41, 5.74) is 0.104. The molecule has 4 rings (SSSR count). The minimum Gasteiger partial charge on any atom is -0.481 e. The number of ether oxygens (including phenoxy) is 1. The number of rotatable bonds is 6. The number of anilines is 1. The number of pyridine rings is 1. The quantitative estimate of drug-likeness (QED) is 0.490. The molecule has 1 N–H and O–H groups in total. The number of carboxylic acid groups (broad SMARTS) is 1. The van der Waals surface area contributed by atoms with E-state index in [4.69, 9.17) is 9.84 Å². The molecular weight excluding hydrogens is 499 g/mol. The van der Waals surface area contributed by atoms with Crippen LogP contribution in [0.4, 0.5) is 19.0 Å². The van der Waals surface area contributed by atoms with Gasteiger partial charge in [0, 0.05) is 37.9 Å². The highest BCUT2D eigenvalue weighted by Crippen LogP contribution is 2.32. The molecule has 1 saturated heterocycles. The Bertz CT molecular complexity index is 1340. The minimum atomic E-state index is -4.59. The predicted octanol–water partition coefficient (Wildman–Crippen LogP) is 4.12. The van der Waals surface area contributed by atoms with Crippen LogP contribution in [0.3, 0.4) is 0 Å². The summed E-state index contributed by atoms with van der Waals surface area (Å²) in [6.07, 6.45) is -3.02. The number of amides is 1. The van der Waals surface area contributed by atoms with Gasteiger partial charge in [0.25, 0.3) is 5.91 Å². The van der Waals surface area contributed by atoms with E-state index < -0.39 is 23.6 Å². The number of piperazine rings is 1. The second-order valence-corrected chi connectivity index (χ2v) is 8.53. The largest absolute Gasteiger partial charge is 0.481 e. The summed E-state index contributed by atoms with van der Waals surface area (Å²) in [6.45, 7) is 1.59. The zero-order valence-corrected chi connectivity index (χ0v) is 20.2. The van der Waals surface area contributed by atoms with E-state index in [0.29, 0.717) is 35.8 Å². The Morgan fingerprint density at radius 3 is 2.32 bits per heavy atom. The van der Waals surface area contributed by atoms with E-state index in [-0.39, 0.29) is 31.7 Å². The third-order valence-electron chi connectivity index (χ3n) is 5.92. The molecule has 2 aromatic carbocycles. The summed E-state index contributed by atoms with van der Waals surface area (Å²) < 4.78 is 45.4. The Hall–Kier alpha value is -4.52. The van der Waals surface area contributed by atoms with E-state index in [9.17, 15) is 22.8 Å². The fraction of sp³-hybridized carbons (Fsp3) is 0.250. The Morgan fingerprint density at radius 1 is 0.974 bits per heavy atom. The first kappa shape index (κ1) is 26.5. The van der Waals surface area contributed by atoms with Crippen LogP contribution in [-0.2, 0) is 17.4 Å². The molecule has 1 amide bonds. The topological polar surface area (TPSA) is 83.0 Å². The zero-order chi connectivity index (χ0) is 27.1. The average molecular weight is 524 g/mol. The number of carbonyl (C=O) groups excluding carboxylic acids is 1. The number of hydrogen-bond donors (Lipinski definition) is 1. The van der Waals surface area contributed by atoms with Crippen molar-refractivity contribution in [2.45, 2.75) is 12.6 Å². The van der Waals surface area contributed by atoms with Gasteiger partial charge in [0.1, 0.15) is 18.2 Å². The molecule has 0 saturated carbocycles. The van der Waals surface area contributed by atoms with Crippen LogP contribution in [0.15, 0.2) is 66.9 Å². The fourth-order valence-corrected chi connectivity index (χ4v) is 4.01. The van der Waals surface area contributed by atoms with Crippen molar-refractivity contribution in [3.05, 3.63) is 89.1 Å². The third-order valence-corrected chi connectivity index (χ3v) is 5.92. The molecule has 0 spiro atoms. The van der Waals surface area contributed by atoms with E-state index in [1.54, 1.807) is 30.5 Å². The molecule has 0 radical (unpaired) electrons. The number of benzene rings is 2. The number of aliphatic carboxylic acids is 1. The van der Waals surface area contributed by atoms with E-state index in [1.807, 2.05) is 17.0 Å². The van der Waals surface area contributed by atoms with Gasteiger partial charge in [-0.15, -0.1) is 0 Å². The lowest BCUT2D eigenvalue weighted by Gasteiger charge is -2.35. The van der Waals surface area contributed by atoms with Crippen molar-refractivity contribution >= 4 is 17.7 Å². The normalized spacial score (nSPS) is 13.4. The zero-order valence-electron chi connectivity index (χ0n) is 20.2. The summed E-state index contributed by atoms with van der Waals surface area (Å²) in [5, 5.41) is 8.81. The Morgan fingerprint density at radius 2 is 1.68 bits per heavy atom. The molecule has 0 bridgehead atoms. The molecule has 196 valence electrons. The molecule has 1 aliphatic heterocycles. The molecule has 1 aromatic heterocycles. The summed E-state index contributed by atoms with van der Waals surface area (Å²) in [6, 6.07) is 15.2. The van der Waals surface area contributed by atoms with Crippen molar-refractivity contribution in [1.82, 2.24) is 9.88 Å². The van der Waals surface area contributed by atoms with Crippen LogP contribution in [0.25, 0.3) is 0 Å². The van der Waals surface area contributed by atoms with Crippen LogP contribution in [0.1, 0.15) is 27.0 Å². The third kappa shape index (κ3) is 6.82. The van der Waals surface area contributed by atoms with Gasteiger partial charge < -0.3 is 19.6 Å². The monoisotopic (exact) mass is 523 g/mol. The van der Waals surface area contributed by atoms with Crippen molar-refractivity contribution in [2.75, 3.05) is 37.7 Å². The number of carbonyl (C=O) groups is 2. The summed E-state index contributed by atoms with van der Waals surface area (Å²) in [5.74, 6) is 5.61. The number of hydrogen-bond acceptors (Lipinski definition) is 5. The smallest absolute Gasteiger partial charge is 0.417 e. The van der Waals surface area contributed by atoms with E-state index in [1.165, 1.54) is 23.1 Å². The molecule has 1 fully saturated rings. The van der Waals surface area contributed by atoms with Crippen LogP contribution in [0.2, 0.25) is 0 Å². The van der Waals surface area contributed by atoms with Crippen LogP contribution < -0.4 is 9.64 Å². The number of aromatic nitrogens is 1. The van der Waals surface area contributed by atoms with Crippen molar-refractivity contribution in [2.24, 2.45) is 0 Å². The maximum absolute atomic E-state index is 13.3. The highest BCUT2D eigenvalue weighted by molar-refractivity contribution is 5.96. The lowest BCUT2D eigenvalue weighted by atomic mass is 10.1. The second kappa shape index (κ2) is 11.7. The van der Waals surface area contributed by atoms with Crippen LogP contribution in [0, 0.1) is 11.8 Å². The highest BCUT2D eigenvalue weighted by atomic mass is 19.4. The number of alkyl halides is 3. The maximum Gasteiger partial charge on any atom is 0.417 e. The second-order valence-electron chi connectivity index (χ2n) is 8.53. The number of carboxylic acids is 1. The Labute approximate surface area is 217 Å². The van der Waals surface area contributed by atoms with Crippen molar-refractivity contribution in [3.63, 3.8) is 0 Å². The summed E-state index contributed by atoms with van der Waals surface area (Å²) in [4.78, 5) is 31.3. The molecular formula is C28H24F3N3O4. The molecule has 2 heterocycles. The summed E-state index contributed by atoms with van der Waals surface area (Å²) in [7, 11) is 0. The van der Waals surface area contributed by atoms with E-state index >= 15 is 0 Å². The molecule has 38 heavy (non-hydrogen) atoms. The number of halogens is 3. The maximum atomic E-state index is 13.3. The fourth-order valence-electron chi connectivity index (χ4n) is 4.01. The van der Waals surface area contributed by atoms with E-state index in [2.05, 4.69) is 16.8 Å². The van der Waals surface area contributed by atoms with Gasteiger partial charge in [-0.2, -0.15) is 13.2 Å². The lowest BCUT2D eigenvalue weighted by Crippen LogP contribution is -2.49. The minimum absolute atomic E-state index is 0.0482. The van der Waals surface area contributed by atoms with Gasteiger partial charge in [0.2, 0.25) is 0 Å². The molecule has 10 heteroatoms. The first-order valence-corrected chi connectivity index (χ1v) is 11.8. The van der Waals surface area contributed by atoms with Crippen molar-refractivity contribution < 1.29 is 32.6 Å². The van der Waals surface area contributed by atoms with Gasteiger partial charge >= 0.3 is 12.1 Å². The first-order valence-electron chi connectivity index (χ1n) is 11.8. The van der Waals surface area contributed by atoms with E-state index in [0.717, 1.165) is 6.07 Å². The van der Waals surface area contributed by atoms with Crippen LogP contribution in [0.5, 0.6) is 5.75 Å². The van der Waals surface area contributed by atoms with Gasteiger partial charge in [-0.3, -0.25) is 9.59 Å². The molecule has 0 unspecified atom stereocenters. The van der Waals surface area contributed by atoms with Gasteiger partial charge in [0.05, 0.1) is 17.5 Å². The van der Waals surface area contributed by atoms with Gasteiger partial charge in [-0.25, -0.2) is 4.98 Å². The molecule has 3 aromatic rings. The Kier molecular flexibility index (Phi) is 8.16. The average Bonchev–Trinajstić information content (AvgIpc) is 2.91. The highest BCUT2D eigenvalue weighted by Gasteiger charge is 2.36. The molecule has 0 atom stereocenters. The standard InChI is InChI=1S/C28H24F3N3O4/c29-28(30,31)24-6-2-1-5-23(24)27(37)34-15-13-33(14-16-34)25-12-9-21(19-32-25)4-3-17-38-22-10-7-20(8-11-22)18-26(35)36/h1-2,5-12,19H,13-18H2,(H,35,36). The SMILES string of the molecule is O=C(O)Cc1ccc(OCC#Cc2ccc(N3CCN(C(=O)c4ccccc4C(F)(F)F)CC3)nc2)cc1. The van der Waals surface area contributed by atoms with Crippen molar-refractivity contribution in [1.29, 1.82) is 0 Å². The Balaban J connectivity index is 1.28. The number of nitrogens with zero attached hydrogens (tertiary/aromatic N) is 3. The summed E-state index contributed by atoms with van der Waals surface area (Å²) >= 11 is 0. The lowest BCUT2D eigenvalue weighted by molar-refractivity contribution is -0.138. The van der Waals surface area contributed by atoms with Crippen molar-refractivity contribution in [3.8, 4) is 17.6 Å².